The van der Waals surface area contributed by atoms with Crippen LogP contribution in [-0.4, -0.2) is 24.0 Å². The number of nitrogens with zero attached hydrogens (tertiary/aromatic N) is 1. The largest absolute Gasteiger partial charge is 0.326 e. The maximum Gasteiger partial charge on any atom is 0.224 e. The van der Waals surface area contributed by atoms with Crippen molar-refractivity contribution in [1.82, 2.24) is 10.3 Å². The van der Waals surface area contributed by atoms with Gasteiger partial charge in [0.05, 0.1) is 5.52 Å². The lowest BCUT2D eigenvalue weighted by Gasteiger charge is -2.22. The topological polar surface area (TPSA) is 54.0 Å². The first-order valence-electron chi connectivity index (χ1n) is 7.66. The predicted molar refractivity (Wildman–Crippen MR) is 85.2 cm³/mol. The highest BCUT2D eigenvalue weighted by Gasteiger charge is 2.14. The molecular weight excluding hydrogens is 262 g/mol. The fourth-order valence-corrected chi connectivity index (χ4v) is 2.88. The summed E-state index contributed by atoms with van der Waals surface area (Å²) in [7, 11) is 0. The van der Waals surface area contributed by atoms with E-state index in [-0.39, 0.29) is 5.91 Å². The lowest BCUT2D eigenvalue weighted by molar-refractivity contribution is -0.116. The Kier molecular flexibility index (Phi) is 4.46. The van der Waals surface area contributed by atoms with Crippen molar-refractivity contribution in [2.45, 2.75) is 25.7 Å². The minimum atomic E-state index is 0.108. The number of carbonyl (C=O) groups is 1. The summed E-state index contributed by atoms with van der Waals surface area (Å²) in [4.78, 5) is 16.3. The molecule has 0 bridgehead atoms. The highest BCUT2D eigenvalue weighted by atomic mass is 16.1. The number of benzene rings is 1. The van der Waals surface area contributed by atoms with E-state index in [2.05, 4.69) is 15.6 Å². The Labute approximate surface area is 125 Å². The van der Waals surface area contributed by atoms with Crippen LogP contribution in [0.1, 0.15) is 25.7 Å². The van der Waals surface area contributed by atoms with Gasteiger partial charge in [-0.1, -0.05) is 6.07 Å². The molecule has 21 heavy (non-hydrogen) atoms. The van der Waals surface area contributed by atoms with Gasteiger partial charge in [-0.05, 0) is 62.5 Å². The molecule has 1 aliphatic heterocycles. The zero-order valence-corrected chi connectivity index (χ0v) is 12.1. The summed E-state index contributed by atoms with van der Waals surface area (Å²) in [6.45, 7) is 2.17. The molecule has 0 radical (unpaired) electrons. The van der Waals surface area contributed by atoms with Crippen molar-refractivity contribution in [3.63, 3.8) is 0 Å². The smallest absolute Gasteiger partial charge is 0.224 e. The van der Waals surface area contributed by atoms with E-state index in [1.807, 2.05) is 30.3 Å². The fraction of sp³-hybridized carbons (Fsp3) is 0.412. The summed E-state index contributed by atoms with van der Waals surface area (Å²) in [5.74, 6) is 0.801. The molecule has 2 N–H and O–H groups in total. The number of hydrogen-bond donors (Lipinski definition) is 2. The monoisotopic (exact) mass is 283 g/mol. The standard InChI is InChI=1S/C17H21N3O/c21-17(6-3-13-7-10-18-11-8-13)20-15-4-5-16-14(12-15)2-1-9-19-16/h1-2,4-5,9,12-13,18H,3,6-8,10-11H2,(H,20,21). The maximum absolute atomic E-state index is 12.0. The number of piperidine rings is 1. The van der Waals surface area contributed by atoms with Gasteiger partial charge in [0, 0.05) is 23.7 Å². The molecule has 2 aromatic rings. The highest BCUT2D eigenvalue weighted by molar-refractivity contribution is 5.93. The van der Waals surface area contributed by atoms with Crippen molar-refractivity contribution in [2.75, 3.05) is 18.4 Å². The van der Waals surface area contributed by atoms with E-state index in [1.54, 1.807) is 6.20 Å². The molecule has 0 saturated carbocycles. The van der Waals surface area contributed by atoms with Gasteiger partial charge in [-0.25, -0.2) is 0 Å². The molecule has 0 atom stereocenters. The van der Waals surface area contributed by atoms with Crippen LogP contribution >= 0.6 is 0 Å². The molecule has 4 heteroatoms. The molecule has 1 saturated heterocycles. The molecule has 3 rings (SSSR count). The van der Waals surface area contributed by atoms with Gasteiger partial charge in [0.25, 0.3) is 0 Å². The third kappa shape index (κ3) is 3.79. The van der Waals surface area contributed by atoms with Crippen molar-refractivity contribution < 1.29 is 4.79 Å². The van der Waals surface area contributed by atoms with Gasteiger partial charge < -0.3 is 10.6 Å². The van der Waals surface area contributed by atoms with Crippen molar-refractivity contribution >= 4 is 22.5 Å². The number of anilines is 1. The number of fused-ring (bicyclic) bond motifs is 1. The van der Waals surface area contributed by atoms with Crippen LogP contribution in [0.5, 0.6) is 0 Å². The first kappa shape index (κ1) is 14.0. The molecule has 1 aromatic carbocycles. The van der Waals surface area contributed by atoms with Gasteiger partial charge in [0.15, 0.2) is 0 Å². The minimum Gasteiger partial charge on any atom is -0.326 e. The van der Waals surface area contributed by atoms with Crippen molar-refractivity contribution in [3.8, 4) is 0 Å². The molecular formula is C17H21N3O. The van der Waals surface area contributed by atoms with Crippen LogP contribution in [0.3, 0.4) is 0 Å². The van der Waals surface area contributed by atoms with Crippen LogP contribution < -0.4 is 10.6 Å². The summed E-state index contributed by atoms with van der Waals surface area (Å²) in [6, 6.07) is 9.75. The van der Waals surface area contributed by atoms with Gasteiger partial charge in [0.2, 0.25) is 5.91 Å². The van der Waals surface area contributed by atoms with Crippen LogP contribution in [0.2, 0.25) is 0 Å². The van der Waals surface area contributed by atoms with E-state index in [0.717, 1.165) is 36.1 Å². The number of aromatic nitrogens is 1. The highest BCUT2D eigenvalue weighted by Crippen LogP contribution is 2.20. The zero-order valence-electron chi connectivity index (χ0n) is 12.1. The molecule has 4 nitrogen and oxygen atoms in total. The number of amides is 1. The van der Waals surface area contributed by atoms with Crippen LogP contribution in [-0.2, 0) is 4.79 Å². The third-order valence-electron chi connectivity index (χ3n) is 4.13. The Balaban J connectivity index is 1.55. The summed E-state index contributed by atoms with van der Waals surface area (Å²) in [5, 5.41) is 7.39. The molecule has 110 valence electrons. The van der Waals surface area contributed by atoms with Crippen molar-refractivity contribution in [1.29, 1.82) is 0 Å². The first-order chi connectivity index (χ1) is 10.3. The van der Waals surface area contributed by atoms with Gasteiger partial charge in [-0.15, -0.1) is 0 Å². The molecule has 1 fully saturated rings. The van der Waals surface area contributed by atoms with E-state index in [1.165, 1.54) is 12.8 Å². The summed E-state index contributed by atoms with van der Waals surface area (Å²) < 4.78 is 0. The second-order valence-corrected chi connectivity index (χ2v) is 5.69. The Morgan fingerprint density at radius 3 is 3.00 bits per heavy atom. The first-order valence-corrected chi connectivity index (χ1v) is 7.66. The summed E-state index contributed by atoms with van der Waals surface area (Å²) in [6.07, 6.45) is 5.75. The quantitative estimate of drug-likeness (QED) is 0.907. The van der Waals surface area contributed by atoms with Gasteiger partial charge >= 0.3 is 0 Å². The molecule has 1 aliphatic rings. The number of carbonyl (C=O) groups excluding carboxylic acids is 1. The number of hydrogen-bond acceptors (Lipinski definition) is 3. The van der Waals surface area contributed by atoms with Crippen LogP contribution in [0, 0.1) is 5.92 Å². The summed E-state index contributed by atoms with van der Waals surface area (Å²) >= 11 is 0. The molecule has 0 spiro atoms. The normalized spacial score (nSPS) is 16.0. The molecule has 1 aromatic heterocycles. The van der Waals surface area contributed by atoms with Crippen molar-refractivity contribution in [2.24, 2.45) is 5.92 Å². The Bertz CT molecular complexity index is 620. The Morgan fingerprint density at radius 2 is 2.14 bits per heavy atom. The minimum absolute atomic E-state index is 0.108. The fourth-order valence-electron chi connectivity index (χ4n) is 2.88. The zero-order chi connectivity index (χ0) is 14.5. The number of rotatable bonds is 4. The Hall–Kier alpha value is -1.94. The van der Waals surface area contributed by atoms with E-state index in [9.17, 15) is 4.79 Å². The SMILES string of the molecule is O=C(CCC1CCNCC1)Nc1ccc2ncccc2c1. The van der Waals surface area contributed by atoms with E-state index < -0.39 is 0 Å². The van der Waals surface area contributed by atoms with E-state index in [4.69, 9.17) is 0 Å². The third-order valence-corrected chi connectivity index (χ3v) is 4.13. The average molecular weight is 283 g/mol. The molecule has 0 unspecified atom stereocenters. The molecule has 0 aliphatic carbocycles. The Morgan fingerprint density at radius 1 is 1.29 bits per heavy atom. The molecule has 2 heterocycles. The van der Waals surface area contributed by atoms with Crippen LogP contribution in [0.15, 0.2) is 36.5 Å². The number of nitrogens with one attached hydrogen (secondary N) is 2. The average Bonchev–Trinajstić information content (AvgIpc) is 2.54. The van der Waals surface area contributed by atoms with Gasteiger partial charge in [0.1, 0.15) is 0 Å². The van der Waals surface area contributed by atoms with Crippen LogP contribution in [0.4, 0.5) is 5.69 Å². The second kappa shape index (κ2) is 6.68. The predicted octanol–water partition coefficient (Wildman–Crippen LogP) is 2.95. The lowest BCUT2D eigenvalue weighted by Crippen LogP contribution is -2.28. The lowest BCUT2D eigenvalue weighted by atomic mass is 9.93. The summed E-state index contributed by atoms with van der Waals surface area (Å²) in [5.41, 5.74) is 1.80. The van der Waals surface area contributed by atoms with Crippen molar-refractivity contribution in [3.05, 3.63) is 36.5 Å². The van der Waals surface area contributed by atoms with Crippen LogP contribution in [0.25, 0.3) is 10.9 Å². The maximum atomic E-state index is 12.0. The van der Waals surface area contributed by atoms with Gasteiger partial charge in [-0.3, -0.25) is 9.78 Å². The molecule has 1 amide bonds. The second-order valence-electron chi connectivity index (χ2n) is 5.69. The number of pyridine rings is 1. The van der Waals surface area contributed by atoms with E-state index >= 15 is 0 Å². The van der Waals surface area contributed by atoms with E-state index in [0.29, 0.717) is 12.3 Å². The van der Waals surface area contributed by atoms with Gasteiger partial charge in [-0.2, -0.15) is 0 Å².